The Hall–Kier alpha value is -5.54. The van der Waals surface area contributed by atoms with Crippen LogP contribution in [0.3, 0.4) is 0 Å². The van der Waals surface area contributed by atoms with Gasteiger partial charge in [-0.1, -0.05) is 12.2 Å². The Bertz CT molecular complexity index is 2040. The molecular weight excluding hydrogens is 576 g/mol. The molecule has 4 aliphatic heterocycles. The Labute approximate surface area is 226 Å². The van der Waals surface area contributed by atoms with Gasteiger partial charge >= 0.3 is 0 Å². The number of allylic oxidation sites excluding steroid dienone is 2. The van der Waals surface area contributed by atoms with Gasteiger partial charge in [0.2, 0.25) is 0 Å². The van der Waals surface area contributed by atoms with Crippen LogP contribution in [-0.4, -0.2) is 39.9 Å². The maximum Gasteiger partial charge on any atom is 0.198 e. The normalized spacial score (nSPS) is 13.0. The molecule has 8 bridgehead atoms. The van der Waals surface area contributed by atoms with Crippen LogP contribution in [-0.2, 0) is 0 Å². The number of benzene rings is 2. The molecule has 0 saturated heterocycles. The summed E-state index contributed by atoms with van der Waals surface area (Å²) in [6.07, 6.45) is 7.90. The van der Waals surface area contributed by atoms with Crippen LogP contribution >= 0.6 is 0 Å². The quantitative estimate of drug-likeness (QED) is 0.161. The molecule has 0 unspecified atom stereocenters. The summed E-state index contributed by atoms with van der Waals surface area (Å²) in [5.41, 5.74) is -3.56. The first-order chi connectivity index (χ1) is 20.1. The van der Waals surface area contributed by atoms with Gasteiger partial charge in [-0.2, -0.15) is 0 Å². The van der Waals surface area contributed by atoms with Crippen molar-refractivity contribution in [3.8, 4) is 45.6 Å². The van der Waals surface area contributed by atoms with Gasteiger partial charge in [-0.25, -0.2) is 65.0 Å². The number of rotatable bonds is 0. The summed E-state index contributed by atoms with van der Waals surface area (Å²) >= 11 is 0. The lowest BCUT2D eigenvalue weighted by Gasteiger charge is -2.06. The Kier molecular flexibility index (Phi) is 5.44. The van der Waals surface area contributed by atoms with Crippen LogP contribution in [0.4, 0.5) is 35.1 Å². The number of hydrogen-bond donors (Lipinski definition) is 2. The summed E-state index contributed by atoms with van der Waals surface area (Å²) in [5, 5.41) is 0. The summed E-state index contributed by atoms with van der Waals surface area (Å²) in [6, 6.07) is 0. The molecule has 0 saturated carbocycles. The Morgan fingerprint density at radius 2 is 0.690 bits per heavy atom. The number of halogens is 8. The van der Waals surface area contributed by atoms with Crippen LogP contribution < -0.4 is 11.0 Å². The molecule has 0 aliphatic carbocycles. The fraction of sp³-hybridized carbons (Fsp3) is 0. The van der Waals surface area contributed by atoms with E-state index in [4.69, 9.17) is 0 Å². The second kappa shape index (κ2) is 8.98. The lowest BCUT2D eigenvalue weighted by molar-refractivity contribution is 0.412. The first-order valence-corrected chi connectivity index (χ1v) is 11.7. The number of fused-ring (bicyclic) bond motifs is 14. The topological polar surface area (TPSA) is 109 Å². The molecule has 5 heterocycles. The maximum absolute atomic E-state index is 14.9. The van der Waals surface area contributed by atoms with Crippen molar-refractivity contribution in [2.24, 2.45) is 0 Å². The third-order valence-corrected chi connectivity index (χ3v) is 6.29. The van der Waals surface area contributed by atoms with Crippen molar-refractivity contribution in [1.29, 1.82) is 0 Å². The molecule has 16 heteroatoms. The van der Waals surface area contributed by atoms with Gasteiger partial charge in [-0.05, 0) is 24.3 Å². The summed E-state index contributed by atoms with van der Waals surface area (Å²) in [4.78, 5) is 29.5. The summed E-state index contributed by atoms with van der Waals surface area (Å²) < 4.78 is 117. The molecule has 0 atom stereocenters. The second-order valence-electron chi connectivity index (χ2n) is 8.82. The van der Waals surface area contributed by atoms with E-state index in [2.05, 4.69) is 39.9 Å². The van der Waals surface area contributed by atoms with E-state index < -0.39 is 92.1 Å². The van der Waals surface area contributed by atoms with Gasteiger partial charge in [0.05, 0.1) is 22.3 Å². The van der Waals surface area contributed by atoms with E-state index in [0.717, 1.165) is 0 Å². The summed E-state index contributed by atoms with van der Waals surface area (Å²) in [6.45, 7) is 0. The average Bonchev–Trinajstić information content (AvgIpc) is 3.50. The van der Waals surface area contributed by atoms with Crippen molar-refractivity contribution < 1.29 is 35.1 Å². The molecule has 0 amide bonds. The zero-order chi connectivity index (χ0) is 29.4. The molecule has 8 nitrogen and oxygen atoms in total. The van der Waals surface area contributed by atoms with E-state index in [9.17, 15) is 35.1 Å². The third kappa shape index (κ3) is 3.68. The van der Waals surface area contributed by atoms with E-state index in [1.807, 2.05) is 0 Å². The largest absolute Gasteiger partial charge is 0.325 e. The van der Waals surface area contributed by atoms with Crippen molar-refractivity contribution in [1.82, 2.24) is 39.9 Å². The van der Waals surface area contributed by atoms with E-state index in [1.54, 1.807) is 0 Å². The van der Waals surface area contributed by atoms with Crippen LogP contribution in [0.15, 0.2) is 12.2 Å². The lowest BCUT2D eigenvalue weighted by atomic mass is 10.1. The molecular formula is C26H8F8N8. The van der Waals surface area contributed by atoms with Gasteiger partial charge in [-0.15, -0.1) is 0 Å². The van der Waals surface area contributed by atoms with E-state index >= 15 is 0 Å². The van der Waals surface area contributed by atoms with Crippen molar-refractivity contribution >= 4 is 24.3 Å². The lowest BCUT2D eigenvalue weighted by Crippen LogP contribution is -2.14. The minimum atomic E-state index is -2.09. The van der Waals surface area contributed by atoms with Gasteiger partial charge in [0.1, 0.15) is 22.6 Å². The van der Waals surface area contributed by atoms with Gasteiger partial charge in [0, 0.05) is 0 Å². The molecule has 3 aromatic rings. The molecule has 208 valence electrons. The highest BCUT2D eigenvalue weighted by atomic mass is 19.2. The number of aromatic amines is 2. The van der Waals surface area contributed by atoms with Crippen LogP contribution in [0.5, 0.6) is 0 Å². The highest BCUT2D eigenvalue weighted by Crippen LogP contribution is 2.41. The monoisotopic (exact) mass is 584 g/mol. The molecule has 4 aliphatic rings. The average molecular weight is 584 g/mol. The summed E-state index contributed by atoms with van der Waals surface area (Å²) in [5.74, 6) is -18.1. The molecule has 0 radical (unpaired) electrons. The van der Waals surface area contributed by atoms with Crippen molar-refractivity contribution in [3.05, 3.63) is 81.3 Å². The van der Waals surface area contributed by atoms with Crippen molar-refractivity contribution in [2.45, 2.75) is 0 Å². The highest BCUT2D eigenvalue weighted by Gasteiger charge is 2.35. The van der Waals surface area contributed by atoms with Crippen molar-refractivity contribution in [3.63, 3.8) is 0 Å². The Morgan fingerprint density at radius 1 is 0.381 bits per heavy atom. The van der Waals surface area contributed by atoms with E-state index in [-0.39, 0.29) is 22.6 Å². The standard InChI is InChI=1S/C26H8F8N8/c27-15-11-13(17(29)21(33)19(15)31)25-39-9-5-2-6-10(36-9)40-26-14-12(16(28)20(32)22(34)18(14)30)24(42-26)38-8-4-1-3-7(35-8)37-23(11)41-25/h1-6H,(H2,35,36,37,38,39,40,41,42). The SMILES string of the molecule is Fc1c(F)c(F)c2c(c1F)-c1nc-2nc2[nH]c(nc3nc(nc4[nH]c(n1)C=CC=4)-c1c(F)c(F)c(F)c(F)c1-3)C=CC=2. The molecule has 2 N–H and O–H groups in total. The van der Waals surface area contributed by atoms with Gasteiger partial charge in [0.25, 0.3) is 0 Å². The fourth-order valence-corrected chi connectivity index (χ4v) is 4.46. The van der Waals surface area contributed by atoms with Gasteiger partial charge in [-0.3, -0.25) is 0 Å². The number of nitrogens with zero attached hydrogens (tertiary/aromatic N) is 6. The Morgan fingerprint density at radius 3 is 1.02 bits per heavy atom. The molecule has 0 spiro atoms. The second-order valence-corrected chi connectivity index (χ2v) is 8.82. The predicted octanol–water partition coefficient (Wildman–Crippen LogP) is 4.11. The van der Waals surface area contributed by atoms with Crippen molar-refractivity contribution in [2.75, 3.05) is 0 Å². The zero-order valence-corrected chi connectivity index (χ0v) is 20.2. The molecule has 42 heavy (non-hydrogen) atoms. The molecule has 1 aromatic heterocycles. The third-order valence-electron chi connectivity index (χ3n) is 6.29. The van der Waals surface area contributed by atoms with Crippen LogP contribution in [0.25, 0.3) is 69.9 Å². The maximum atomic E-state index is 14.9. The number of hydrogen-bond acceptors (Lipinski definition) is 6. The molecule has 7 rings (SSSR count). The van der Waals surface area contributed by atoms with E-state index in [0.29, 0.717) is 0 Å². The molecule has 2 aromatic carbocycles. The first kappa shape index (κ1) is 25.4. The minimum Gasteiger partial charge on any atom is -0.325 e. The van der Waals surface area contributed by atoms with Gasteiger partial charge in [0.15, 0.2) is 69.8 Å². The smallest absolute Gasteiger partial charge is 0.198 e. The summed E-state index contributed by atoms with van der Waals surface area (Å²) in [7, 11) is 0. The predicted molar refractivity (Wildman–Crippen MR) is 130 cm³/mol. The number of aromatic nitrogens is 8. The Balaban J connectivity index is 1.65. The number of nitrogens with one attached hydrogen (secondary N) is 2. The van der Waals surface area contributed by atoms with Crippen LogP contribution in [0.2, 0.25) is 0 Å². The number of H-pyrrole nitrogens is 2. The minimum absolute atomic E-state index is 0.156. The van der Waals surface area contributed by atoms with Crippen LogP contribution in [0.1, 0.15) is 11.6 Å². The first-order valence-electron chi connectivity index (χ1n) is 11.7. The fourth-order valence-electron chi connectivity index (χ4n) is 4.46. The molecule has 0 fully saturated rings. The van der Waals surface area contributed by atoms with Gasteiger partial charge < -0.3 is 9.97 Å². The van der Waals surface area contributed by atoms with Crippen LogP contribution in [0, 0.1) is 46.5 Å². The highest BCUT2D eigenvalue weighted by molar-refractivity contribution is 5.84. The van der Waals surface area contributed by atoms with E-state index in [1.165, 1.54) is 36.5 Å². The zero-order valence-electron chi connectivity index (χ0n) is 20.2.